The lowest BCUT2D eigenvalue weighted by Crippen LogP contribution is -2.17. The number of pyridine rings is 1. The third-order valence-electron chi connectivity index (χ3n) is 5.98. The first-order valence-corrected chi connectivity index (χ1v) is 11.9. The third kappa shape index (κ3) is 4.97. The number of aryl methyl sites for hydroxylation is 1. The first-order chi connectivity index (χ1) is 18.1. The number of fused-ring (bicyclic) bond motifs is 1. The van der Waals surface area contributed by atoms with Crippen molar-refractivity contribution < 1.29 is 23.2 Å². The number of benzene rings is 1. The summed E-state index contributed by atoms with van der Waals surface area (Å²) < 4.78 is 18.1. The van der Waals surface area contributed by atoms with Crippen molar-refractivity contribution in [3.8, 4) is 0 Å². The molecule has 1 aromatic carbocycles. The number of aromatic nitrogens is 2. The normalized spacial score (nSPS) is 11.0. The van der Waals surface area contributed by atoms with E-state index in [0.717, 1.165) is 17.9 Å². The van der Waals surface area contributed by atoms with Crippen LogP contribution >= 0.6 is 0 Å². The largest absolute Gasteiger partial charge is 0.467 e. The van der Waals surface area contributed by atoms with Crippen molar-refractivity contribution in [1.29, 1.82) is 0 Å². The second-order valence-electron chi connectivity index (χ2n) is 8.37. The molecule has 0 aliphatic heterocycles. The molecule has 0 unspecified atom stereocenters. The Bertz CT molecular complexity index is 1530. The van der Waals surface area contributed by atoms with Crippen LogP contribution in [0.5, 0.6) is 0 Å². The Labute approximate surface area is 213 Å². The average Bonchev–Trinajstić information content (AvgIpc) is 3.68. The van der Waals surface area contributed by atoms with E-state index in [1.54, 1.807) is 53.4 Å². The number of esters is 1. The smallest absolute Gasteiger partial charge is 0.356 e. The first-order valence-electron chi connectivity index (χ1n) is 11.9. The highest BCUT2D eigenvalue weighted by Gasteiger charge is 2.27. The molecule has 0 spiro atoms. The monoisotopic (exact) mass is 498 g/mol. The van der Waals surface area contributed by atoms with Crippen LogP contribution in [-0.4, -0.2) is 28.5 Å². The van der Waals surface area contributed by atoms with Gasteiger partial charge in [-0.15, -0.1) is 0 Å². The molecule has 0 aliphatic carbocycles. The van der Waals surface area contributed by atoms with Crippen molar-refractivity contribution in [3.05, 3.63) is 102 Å². The molecule has 5 rings (SSSR count). The van der Waals surface area contributed by atoms with Gasteiger partial charge in [0.05, 0.1) is 44.0 Å². The number of amides is 1. The summed E-state index contributed by atoms with van der Waals surface area (Å²) in [6.07, 6.45) is 4.05. The molecular formula is C28H26N4O5. The lowest BCUT2D eigenvalue weighted by molar-refractivity contribution is 0.0590. The predicted octanol–water partition coefficient (Wildman–Crippen LogP) is 5.48. The zero-order chi connectivity index (χ0) is 25.8. The molecule has 0 saturated heterocycles. The molecule has 2 N–H and O–H groups in total. The minimum Gasteiger partial charge on any atom is -0.467 e. The topological polar surface area (TPSA) is 112 Å². The predicted molar refractivity (Wildman–Crippen MR) is 139 cm³/mol. The van der Waals surface area contributed by atoms with E-state index in [9.17, 15) is 9.59 Å². The number of ether oxygens (including phenoxy) is 1. The first kappa shape index (κ1) is 23.9. The summed E-state index contributed by atoms with van der Waals surface area (Å²) in [7, 11) is 1.30. The summed E-state index contributed by atoms with van der Waals surface area (Å²) >= 11 is 0. The number of methoxy groups -OCH3 is 1. The summed E-state index contributed by atoms with van der Waals surface area (Å²) in [5.41, 5.74) is 2.13. The van der Waals surface area contributed by atoms with Gasteiger partial charge in [-0.2, -0.15) is 0 Å². The molecule has 9 heteroatoms. The number of rotatable bonds is 9. The molecule has 0 fully saturated rings. The van der Waals surface area contributed by atoms with Crippen LogP contribution in [0.15, 0.2) is 82.0 Å². The van der Waals surface area contributed by atoms with Gasteiger partial charge in [0.2, 0.25) is 0 Å². The average molecular weight is 499 g/mol. The van der Waals surface area contributed by atoms with Crippen LogP contribution in [-0.2, 0) is 24.2 Å². The number of nitrogens with zero attached hydrogens (tertiary/aromatic N) is 2. The molecule has 4 aromatic heterocycles. The lowest BCUT2D eigenvalue weighted by Gasteiger charge is -2.10. The summed E-state index contributed by atoms with van der Waals surface area (Å²) in [6.45, 7) is 2.71. The quantitative estimate of drug-likeness (QED) is 0.259. The van der Waals surface area contributed by atoms with Crippen molar-refractivity contribution in [3.63, 3.8) is 0 Å². The van der Waals surface area contributed by atoms with Crippen molar-refractivity contribution in [2.24, 2.45) is 0 Å². The molecule has 9 nitrogen and oxygen atoms in total. The van der Waals surface area contributed by atoms with Gasteiger partial charge >= 0.3 is 5.97 Å². The van der Waals surface area contributed by atoms with Crippen molar-refractivity contribution in [1.82, 2.24) is 9.55 Å². The van der Waals surface area contributed by atoms with Gasteiger partial charge in [-0.3, -0.25) is 4.79 Å². The van der Waals surface area contributed by atoms with Gasteiger partial charge in [0, 0.05) is 17.4 Å². The molecule has 0 saturated carbocycles. The lowest BCUT2D eigenvalue weighted by atomic mass is 10.2. The van der Waals surface area contributed by atoms with E-state index < -0.39 is 5.97 Å². The van der Waals surface area contributed by atoms with E-state index >= 15 is 0 Å². The minimum atomic E-state index is -0.606. The van der Waals surface area contributed by atoms with E-state index in [-0.39, 0.29) is 18.1 Å². The Morgan fingerprint density at radius 1 is 1.03 bits per heavy atom. The summed E-state index contributed by atoms with van der Waals surface area (Å²) in [4.78, 5) is 30.8. The second-order valence-corrected chi connectivity index (χ2v) is 8.37. The van der Waals surface area contributed by atoms with E-state index in [2.05, 4.69) is 15.6 Å². The van der Waals surface area contributed by atoms with Crippen LogP contribution in [0.1, 0.15) is 45.1 Å². The van der Waals surface area contributed by atoms with Gasteiger partial charge in [0.1, 0.15) is 22.9 Å². The Hall–Kier alpha value is -4.79. The maximum atomic E-state index is 13.1. The van der Waals surface area contributed by atoms with E-state index in [0.29, 0.717) is 40.3 Å². The number of hydrogen-bond acceptors (Lipinski definition) is 7. The number of nitrogens with one attached hydrogen (secondary N) is 2. The molecule has 0 atom stereocenters. The molecule has 0 bridgehead atoms. The standard InChI is InChI=1S/C28H26N4O5/c1-3-20-11-12-21(37-20)16-29-19-14-23-24(31-27(33)18-8-5-4-6-9-18)25(28(34)35-2)32(26(23)30-15-19)17-22-10-7-13-36-22/h4-15,29H,3,16-17H2,1-2H3,(H,31,33). The molecule has 0 radical (unpaired) electrons. The zero-order valence-corrected chi connectivity index (χ0v) is 20.5. The summed E-state index contributed by atoms with van der Waals surface area (Å²) in [5, 5.41) is 6.81. The van der Waals surface area contributed by atoms with Gasteiger partial charge in [0.25, 0.3) is 5.91 Å². The third-order valence-corrected chi connectivity index (χ3v) is 5.98. The van der Waals surface area contributed by atoms with E-state index in [1.165, 1.54) is 7.11 Å². The van der Waals surface area contributed by atoms with E-state index in [4.69, 9.17) is 13.6 Å². The Kier molecular flexibility index (Phi) is 6.76. The molecule has 37 heavy (non-hydrogen) atoms. The number of furan rings is 2. The number of carbonyl (C=O) groups is 2. The molecular weight excluding hydrogens is 472 g/mol. The molecule has 5 aromatic rings. The number of carbonyl (C=O) groups excluding carboxylic acids is 2. The highest BCUT2D eigenvalue weighted by atomic mass is 16.5. The molecule has 0 aliphatic rings. The minimum absolute atomic E-state index is 0.168. The van der Waals surface area contributed by atoms with Crippen molar-refractivity contribution >= 4 is 34.3 Å². The fourth-order valence-corrected chi connectivity index (χ4v) is 4.14. The number of anilines is 2. The molecule has 1 amide bonds. The Balaban J connectivity index is 1.58. The zero-order valence-electron chi connectivity index (χ0n) is 20.5. The number of hydrogen-bond donors (Lipinski definition) is 2. The maximum Gasteiger partial charge on any atom is 0.356 e. The maximum absolute atomic E-state index is 13.1. The molecule has 188 valence electrons. The van der Waals surface area contributed by atoms with Crippen LogP contribution in [0.3, 0.4) is 0 Å². The van der Waals surface area contributed by atoms with Gasteiger partial charge in [-0.25, -0.2) is 9.78 Å². The van der Waals surface area contributed by atoms with Gasteiger partial charge < -0.3 is 28.8 Å². The fraction of sp³-hybridized carbons (Fsp3) is 0.179. The van der Waals surface area contributed by atoms with Gasteiger partial charge in [0.15, 0.2) is 5.69 Å². The van der Waals surface area contributed by atoms with Crippen LogP contribution < -0.4 is 10.6 Å². The Morgan fingerprint density at radius 3 is 2.54 bits per heavy atom. The van der Waals surface area contributed by atoms with Crippen LogP contribution in [0, 0.1) is 0 Å². The van der Waals surface area contributed by atoms with E-state index in [1.807, 2.05) is 31.2 Å². The summed E-state index contributed by atoms with van der Waals surface area (Å²) in [5.74, 6) is 1.36. The van der Waals surface area contributed by atoms with Gasteiger partial charge in [-0.05, 0) is 42.5 Å². The van der Waals surface area contributed by atoms with Crippen LogP contribution in [0.2, 0.25) is 0 Å². The van der Waals surface area contributed by atoms with Crippen LogP contribution in [0.25, 0.3) is 11.0 Å². The highest BCUT2D eigenvalue weighted by Crippen LogP contribution is 2.34. The summed E-state index contributed by atoms with van der Waals surface area (Å²) in [6, 6.07) is 18.1. The van der Waals surface area contributed by atoms with Crippen molar-refractivity contribution in [2.75, 3.05) is 17.7 Å². The fourth-order valence-electron chi connectivity index (χ4n) is 4.14. The highest BCUT2D eigenvalue weighted by molar-refractivity contribution is 6.14. The van der Waals surface area contributed by atoms with Crippen molar-refractivity contribution in [2.45, 2.75) is 26.4 Å². The second kappa shape index (κ2) is 10.4. The SMILES string of the molecule is CCc1ccc(CNc2cnc3c(c2)c(NC(=O)c2ccccc2)c(C(=O)OC)n3Cc2ccco2)o1. The van der Waals surface area contributed by atoms with Crippen LogP contribution in [0.4, 0.5) is 11.4 Å². The molecule has 4 heterocycles. The Morgan fingerprint density at radius 2 is 1.84 bits per heavy atom. The van der Waals surface area contributed by atoms with Gasteiger partial charge in [-0.1, -0.05) is 25.1 Å².